The largest absolute Gasteiger partial charge is 0.481 e. The lowest BCUT2D eigenvalue weighted by Crippen LogP contribution is -2.38. The van der Waals surface area contributed by atoms with Crippen LogP contribution in [0.3, 0.4) is 0 Å². The number of amides is 3. The summed E-state index contributed by atoms with van der Waals surface area (Å²) in [6, 6.07) is 0.535. The first-order valence-electron chi connectivity index (χ1n) is 8.01. The van der Waals surface area contributed by atoms with Crippen LogP contribution in [0.5, 0.6) is 0 Å². The van der Waals surface area contributed by atoms with Crippen LogP contribution in [0.15, 0.2) is 0 Å². The number of aliphatic carboxylic acids is 1. The first-order chi connectivity index (χ1) is 10.9. The van der Waals surface area contributed by atoms with Crippen molar-refractivity contribution in [2.45, 2.75) is 49.4 Å². The number of hydrogen-bond acceptors (Lipinski definition) is 4. The Morgan fingerprint density at radius 3 is 2.83 bits per heavy atom. The molecular weight excluding hydrogens is 318 g/mol. The van der Waals surface area contributed by atoms with Gasteiger partial charge in [0, 0.05) is 38.1 Å². The maximum atomic E-state index is 11.9. The van der Waals surface area contributed by atoms with Crippen LogP contribution in [0.2, 0.25) is 0 Å². The average molecular weight is 343 g/mol. The predicted octanol–water partition coefficient (Wildman–Crippen LogP) is 0.988. The molecule has 23 heavy (non-hydrogen) atoms. The van der Waals surface area contributed by atoms with Crippen LogP contribution in [0, 0.1) is 0 Å². The number of nitrogens with one attached hydrogen (secondary N) is 1. The van der Waals surface area contributed by atoms with Crippen molar-refractivity contribution in [3.8, 4) is 0 Å². The maximum Gasteiger partial charge on any atom is 0.317 e. The standard InChI is InChI=1S/C15H25N3O4S/c1-17(8-7-13(20)21)12(19)6-4-3-5-11-14-10(9-23-11)16-15(22)18(14)2/h10-11,14H,3-9H2,1-2H3,(H,16,22)(H,20,21)/t10?,11-,14?/m0/s1. The fourth-order valence-electron chi connectivity index (χ4n) is 3.18. The molecule has 0 aliphatic carbocycles. The van der Waals surface area contributed by atoms with Crippen LogP contribution in [0.4, 0.5) is 4.79 Å². The molecule has 2 saturated heterocycles. The number of unbranched alkanes of at least 4 members (excludes halogenated alkanes) is 1. The van der Waals surface area contributed by atoms with Gasteiger partial charge in [-0.05, 0) is 12.8 Å². The number of nitrogens with zero attached hydrogens (tertiary/aromatic N) is 2. The van der Waals surface area contributed by atoms with Gasteiger partial charge in [0.05, 0.1) is 18.5 Å². The number of rotatable bonds is 8. The Morgan fingerprint density at radius 2 is 2.13 bits per heavy atom. The summed E-state index contributed by atoms with van der Waals surface area (Å²) >= 11 is 1.90. The number of thioether (sulfide) groups is 1. The number of carboxylic acid groups (broad SMARTS) is 1. The van der Waals surface area contributed by atoms with Gasteiger partial charge in [-0.1, -0.05) is 6.42 Å². The third-order valence-electron chi connectivity index (χ3n) is 4.58. The predicted molar refractivity (Wildman–Crippen MR) is 88.5 cm³/mol. The molecule has 0 aromatic heterocycles. The Balaban J connectivity index is 1.65. The van der Waals surface area contributed by atoms with Gasteiger partial charge in [-0.25, -0.2) is 4.79 Å². The highest BCUT2D eigenvalue weighted by Crippen LogP contribution is 2.36. The highest BCUT2D eigenvalue weighted by atomic mass is 32.2. The molecule has 8 heteroatoms. The van der Waals surface area contributed by atoms with Gasteiger partial charge in [-0.2, -0.15) is 11.8 Å². The van der Waals surface area contributed by atoms with Crippen molar-refractivity contribution in [2.24, 2.45) is 0 Å². The lowest BCUT2D eigenvalue weighted by molar-refractivity contribution is -0.138. The maximum absolute atomic E-state index is 11.9. The zero-order valence-corrected chi connectivity index (χ0v) is 14.5. The fourth-order valence-corrected chi connectivity index (χ4v) is 4.82. The SMILES string of the molecule is CN(CCC(=O)O)C(=O)CCCC[C@@H]1SCC2NC(=O)N(C)C21. The van der Waals surface area contributed by atoms with Crippen molar-refractivity contribution >= 4 is 29.7 Å². The first kappa shape index (κ1) is 17.9. The van der Waals surface area contributed by atoms with Crippen LogP contribution in [0.25, 0.3) is 0 Å². The average Bonchev–Trinajstić information content (AvgIpc) is 3.02. The number of hydrogen-bond donors (Lipinski definition) is 2. The molecule has 2 heterocycles. The molecule has 0 saturated carbocycles. The van der Waals surface area contributed by atoms with E-state index in [-0.39, 0.29) is 37.0 Å². The second kappa shape index (κ2) is 7.90. The van der Waals surface area contributed by atoms with E-state index >= 15 is 0 Å². The molecule has 2 fully saturated rings. The number of urea groups is 1. The smallest absolute Gasteiger partial charge is 0.317 e. The zero-order chi connectivity index (χ0) is 17.0. The summed E-state index contributed by atoms with van der Waals surface area (Å²) in [5, 5.41) is 12.1. The van der Waals surface area contributed by atoms with Crippen molar-refractivity contribution < 1.29 is 19.5 Å². The summed E-state index contributed by atoms with van der Waals surface area (Å²) in [5.74, 6) is 0.0711. The molecule has 2 rings (SSSR count). The van der Waals surface area contributed by atoms with Crippen molar-refractivity contribution in [2.75, 3.05) is 26.4 Å². The summed E-state index contributed by atoms with van der Waals surface area (Å²) < 4.78 is 0. The Hall–Kier alpha value is -1.44. The van der Waals surface area contributed by atoms with Crippen LogP contribution in [-0.4, -0.2) is 76.5 Å². The first-order valence-corrected chi connectivity index (χ1v) is 9.05. The molecule has 2 aliphatic rings. The van der Waals surface area contributed by atoms with E-state index in [0.717, 1.165) is 25.0 Å². The van der Waals surface area contributed by atoms with E-state index in [1.54, 1.807) is 11.9 Å². The van der Waals surface area contributed by atoms with Gasteiger partial charge in [0.1, 0.15) is 0 Å². The highest BCUT2D eigenvalue weighted by molar-refractivity contribution is 8.00. The van der Waals surface area contributed by atoms with Crippen molar-refractivity contribution in [1.29, 1.82) is 0 Å². The molecule has 0 radical (unpaired) electrons. The van der Waals surface area contributed by atoms with Gasteiger partial charge in [0.15, 0.2) is 0 Å². The van der Waals surface area contributed by atoms with Crippen molar-refractivity contribution in [1.82, 2.24) is 15.1 Å². The molecular formula is C15H25N3O4S. The van der Waals surface area contributed by atoms with Gasteiger partial charge in [0.25, 0.3) is 0 Å². The Labute approximate surface area is 140 Å². The summed E-state index contributed by atoms with van der Waals surface area (Å²) in [5.41, 5.74) is 0. The molecule has 2 N–H and O–H groups in total. The summed E-state index contributed by atoms with van der Waals surface area (Å²) in [7, 11) is 3.49. The van der Waals surface area contributed by atoms with Crippen LogP contribution in [-0.2, 0) is 9.59 Å². The number of carbonyl (C=O) groups is 3. The van der Waals surface area contributed by atoms with E-state index < -0.39 is 5.97 Å². The van der Waals surface area contributed by atoms with Gasteiger partial charge in [-0.3, -0.25) is 9.59 Å². The van der Waals surface area contributed by atoms with Crippen molar-refractivity contribution in [3.05, 3.63) is 0 Å². The minimum Gasteiger partial charge on any atom is -0.481 e. The zero-order valence-electron chi connectivity index (χ0n) is 13.7. The van der Waals surface area contributed by atoms with Gasteiger partial charge in [-0.15, -0.1) is 0 Å². The van der Waals surface area contributed by atoms with Crippen molar-refractivity contribution in [3.63, 3.8) is 0 Å². The summed E-state index contributed by atoms with van der Waals surface area (Å²) in [6.07, 6.45) is 3.18. The molecule has 0 aromatic rings. The quantitative estimate of drug-likeness (QED) is 0.507. The number of carbonyl (C=O) groups excluding carboxylic acids is 2. The molecule has 0 spiro atoms. The summed E-state index contributed by atoms with van der Waals surface area (Å²) in [4.78, 5) is 37.3. The van der Waals surface area contributed by atoms with Crippen LogP contribution in [0.1, 0.15) is 32.1 Å². The second-order valence-corrected chi connectivity index (χ2v) is 7.51. The van der Waals surface area contributed by atoms with Gasteiger partial charge >= 0.3 is 12.0 Å². The molecule has 7 nitrogen and oxygen atoms in total. The van der Waals surface area contributed by atoms with E-state index in [2.05, 4.69) is 5.32 Å². The van der Waals surface area contributed by atoms with Crippen LogP contribution >= 0.6 is 11.8 Å². The number of likely N-dealkylation sites (N-methyl/N-ethyl adjacent to an activating group) is 1. The summed E-state index contributed by atoms with van der Waals surface area (Å²) in [6.45, 7) is 0.259. The molecule has 3 amide bonds. The van der Waals surface area contributed by atoms with E-state index in [4.69, 9.17) is 5.11 Å². The van der Waals surface area contributed by atoms with Gasteiger partial charge < -0.3 is 20.2 Å². The molecule has 2 aliphatic heterocycles. The Kier molecular flexibility index (Phi) is 6.15. The second-order valence-electron chi connectivity index (χ2n) is 6.23. The van der Waals surface area contributed by atoms with E-state index in [1.807, 2.05) is 18.8 Å². The third kappa shape index (κ3) is 4.53. The van der Waals surface area contributed by atoms with Gasteiger partial charge in [0.2, 0.25) is 5.91 Å². The fraction of sp³-hybridized carbons (Fsp3) is 0.800. The lowest BCUT2D eigenvalue weighted by Gasteiger charge is -2.23. The topological polar surface area (TPSA) is 90.0 Å². The van der Waals surface area contributed by atoms with Crippen LogP contribution < -0.4 is 5.32 Å². The molecule has 3 atom stereocenters. The van der Waals surface area contributed by atoms with E-state index in [9.17, 15) is 14.4 Å². The molecule has 2 unspecified atom stereocenters. The number of fused-ring (bicyclic) bond motifs is 1. The number of carboxylic acids is 1. The Bertz CT molecular complexity index is 474. The minimum absolute atomic E-state index is 0.00182. The van der Waals surface area contributed by atoms with E-state index in [1.165, 1.54) is 4.90 Å². The highest BCUT2D eigenvalue weighted by Gasteiger charge is 2.46. The monoisotopic (exact) mass is 343 g/mol. The normalized spacial score (nSPS) is 26.1. The van der Waals surface area contributed by atoms with E-state index in [0.29, 0.717) is 11.7 Å². The Morgan fingerprint density at radius 1 is 1.39 bits per heavy atom. The lowest BCUT2D eigenvalue weighted by atomic mass is 10.0. The molecule has 130 valence electrons. The third-order valence-corrected chi connectivity index (χ3v) is 6.07. The molecule has 0 bridgehead atoms. The molecule has 0 aromatic carbocycles. The minimum atomic E-state index is -0.888.